The highest BCUT2D eigenvalue weighted by molar-refractivity contribution is 9.10. The Balaban J connectivity index is 2.13. The monoisotopic (exact) mass is 343 g/mol. The Kier molecular flexibility index (Phi) is 3.29. The molecule has 3 nitrogen and oxygen atoms in total. The van der Waals surface area contributed by atoms with Gasteiger partial charge >= 0.3 is 0 Å². The summed E-state index contributed by atoms with van der Waals surface area (Å²) in [6.45, 7) is 6.29. The van der Waals surface area contributed by atoms with Crippen molar-refractivity contribution < 1.29 is 0 Å². The van der Waals surface area contributed by atoms with Crippen molar-refractivity contribution in [3.05, 3.63) is 63.4 Å². The van der Waals surface area contributed by atoms with Crippen molar-refractivity contribution in [2.24, 2.45) is 5.73 Å². The lowest BCUT2D eigenvalue weighted by atomic mass is 9.87. The predicted molar refractivity (Wildman–Crippen MR) is 91.0 cm³/mol. The van der Waals surface area contributed by atoms with Crippen LogP contribution in [-0.4, -0.2) is 4.98 Å². The Bertz CT molecular complexity index is 734. The first kappa shape index (κ1) is 14.1. The van der Waals surface area contributed by atoms with Gasteiger partial charge in [0.15, 0.2) is 0 Å². The number of nitrogens with one attached hydrogen (secondary N) is 1. The Morgan fingerprint density at radius 1 is 1.24 bits per heavy atom. The molecule has 1 atom stereocenters. The highest BCUT2D eigenvalue weighted by Crippen LogP contribution is 2.38. The Morgan fingerprint density at radius 2 is 2.00 bits per heavy atom. The molecule has 0 saturated carbocycles. The number of halogens is 1. The van der Waals surface area contributed by atoms with Gasteiger partial charge in [0.2, 0.25) is 0 Å². The predicted octanol–water partition coefficient (Wildman–Crippen LogP) is 4.10. The number of nitrogens with two attached hydrogens (primary N) is 1. The fourth-order valence-electron chi connectivity index (χ4n) is 2.87. The molecule has 1 aliphatic heterocycles. The van der Waals surface area contributed by atoms with Gasteiger partial charge in [-0.25, -0.2) is 0 Å². The summed E-state index contributed by atoms with van der Waals surface area (Å²) in [5.41, 5.74) is 12.2. The summed E-state index contributed by atoms with van der Waals surface area (Å²) < 4.78 is 0.967. The van der Waals surface area contributed by atoms with Crippen LogP contribution in [0.3, 0.4) is 0 Å². The molecule has 1 aromatic heterocycles. The molecule has 0 bridgehead atoms. The molecule has 0 fully saturated rings. The highest BCUT2D eigenvalue weighted by Gasteiger charge is 2.31. The minimum absolute atomic E-state index is 0.405. The van der Waals surface area contributed by atoms with Crippen LogP contribution in [0.15, 0.2) is 41.0 Å². The van der Waals surface area contributed by atoms with Gasteiger partial charge in [0.25, 0.3) is 0 Å². The highest BCUT2D eigenvalue weighted by atomic mass is 79.9. The van der Waals surface area contributed by atoms with E-state index in [9.17, 15) is 0 Å². The summed E-state index contributed by atoms with van der Waals surface area (Å²) in [5.74, 6) is 0. The largest absolute Gasteiger partial charge is 0.398 e. The van der Waals surface area contributed by atoms with E-state index >= 15 is 0 Å². The molecular weight excluding hydrogens is 326 g/mol. The van der Waals surface area contributed by atoms with Crippen molar-refractivity contribution in [1.29, 1.82) is 0 Å². The van der Waals surface area contributed by atoms with Crippen LogP contribution < -0.4 is 11.1 Å². The van der Waals surface area contributed by atoms with Gasteiger partial charge in [-0.2, -0.15) is 0 Å². The third-order valence-corrected chi connectivity index (χ3v) is 4.35. The fraction of sp³-hybridized carbons (Fsp3) is 0.235. The minimum Gasteiger partial charge on any atom is -0.398 e. The topological polar surface area (TPSA) is 50.9 Å². The number of hydrogen-bond acceptors (Lipinski definition) is 3. The molecule has 2 aromatic rings. The zero-order valence-electron chi connectivity index (χ0n) is 12.4. The van der Waals surface area contributed by atoms with Crippen molar-refractivity contribution in [2.75, 3.05) is 5.32 Å². The van der Waals surface area contributed by atoms with Crippen LogP contribution >= 0.6 is 15.9 Å². The van der Waals surface area contributed by atoms with Crippen LogP contribution in [0.25, 0.3) is 5.70 Å². The van der Waals surface area contributed by atoms with Gasteiger partial charge in [-0.15, -0.1) is 0 Å². The molecule has 21 heavy (non-hydrogen) atoms. The van der Waals surface area contributed by atoms with Gasteiger partial charge < -0.3 is 11.1 Å². The SMILES string of the molecule is Cc1cc(C)c2c(c1)C(N)=CC(C)(c1ccc(Br)cn1)N2. The lowest BCUT2D eigenvalue weighted by Gasteiger charge is -2.35. The number of rotatable bonds is 1. The molecule has 0 amide bonds. The van der Waals surface area contributed by atoms with E-state index in [-0.39, 0.29) is 0 Å². The number of aryl methyl sites for hydroxylation is 2. The summed E-state index contributed by atoms with van der Waals surface area (Å²) in [5, 5.41) is 3.60. The van der Waals surface area contributed by atoms with E-state index in [0.29, 0.717) is 0 Å². The van der Waals surface area contributed by atoms with E-state index in [1.807, 2.05) is 24.4 Å². The second kappa shape index (κ2) is 4.88. The molecule has 1 unspecified atom stereocenters. The molecule has 3 rings (SSSR count). The maximum absolute atomic E-state index is 6.31. The molecule has 3 N–H and O–H groups in total. The van der Waals surface area contributed by atoms with Gasteiger partial charge in [0.05, 0.1) is 11.2 Å². The average Bonchev–Trinajstić information content (AvgIpc) is 2.41. The number of hydrogen-bond donors (Lipinski definition) is 2. The Hall–Kier alpha value is -1.81. The van der Waals surface area contributed by atoms with E-state index in [0.717, 1.165) is 27.1 Å². The maximum atomic E-state index is 6.31. The second-order valence-corrected chi connectivity index (χ2v) is 6.71. The average molecular weight is 344 g/mol. The zero-order chi connectivity index (χ0) is 15.2. The van der Waals surface area contributed by atoms with E-state index in [4.69, 9.17) is 5.73 Å². The van der Waals surface area contributed by atoms with Gasteiger partial charge in [-0.3, -0.25) is 4.98 Å². The third kappa shape index (κ3) is 2.44. The van der Waals surface area contributed by atoms with Gasteiger partial charge in [0.1, 0.15) is 0 Å². The smallest absolute Gasteiger partial charge is 0.0976 e. The first-order chi connectivity index (χ1) is 9.89. The Morgan fingerprint density at radius 3 is 2.67 bits per heavy atom. The van der Waals surface area contributed by atoms with Gasteiger partial charge in [-0.05, 0) is 66.5 Å². The van der Waals surface area contributed by atoms with Crippen LogP contribution in [0.1, 0.15) is 29.3 Å². The first-order valence-corrected chi connectivity index (χ1v) is 7.68. The van der Waals surface area contributed by atoms with E-state index < -0.39 is 5.54 Å². The normalized spacial score (nSPS) is 20.5. The number of pyridine rings is 1. The van der Waals surface area contributed by atoms with Gasteiger partial charge in [-0.1, -0.05) is 11.6 Å². The van der Waals surface area contributed by atoms with Crippen molar-refractivity contribution in [3.63, 3.8) is 0 Å². The second-order valence-electron chi connectivity index (χ2n) is 5.79. The van der Waals surface area contributed by atoms with E-state index in [2.05, 4.69) is 59.1 Å². The molecule has 1 aliphatic rings. The first-order valence-electron chi connectivity index (χ1n) is 6.89. The number of benzene rings is 1. The van der Waals surface area contributed by atoms with Crippen LogP contribution in [0.2, 0.25) is 0 Å². The van der Waals surface area contributed by atoms with Crippen LogP contribution in [0.5, 0.6) is 0 Å². The molecule has 0 spiro atoms. The van der Waals surface area contributed by atoms with Crippen molar-refractivity contribution in [2.45, 2.75) is 26.3 Å². The molecule has 0 saturated heterocycles. The number of aromatic nitrogens is 1. The van der Waals surface area contributed by atoms with E-state index in [1.54, 1.807) is 0 Å². The standard InChI is InChI=1S/C17H18BrN3/c1-10-6-11(2)16-13(7-10)14(19)8-17(3,21-16)15-5-4-12(18)9-20-15/h4-9,21H,19H2,1-3H3. The molecule has 2 heterocycles. The number of nitrogens with zero attached hydrogens (tertiary/aromatic N) is 1. The molecule has 0 radical (unpaired) electrons. The number of anilines is 1. The van der Waals surface area contributed by atoms with Crippen molar-refractivity contribution >= 4 is 27.3 Å². The summed E-state index contributed by atoms with van der Waals surface area (Å²) in [4.78, 5) is 4.52. The van der Waals surface area contributed by atoms with Gasteiger partial charge in [0, 0.05) is 27.6 Å². The lowest BCUT2D eigenvalue weighted by molar-refractivity contribution is 0.656. The lowest BCUT2D eigenvalue weighted by Crippen LogP contribution is -2.35. The number of fused-ring (bicyclic) bond motifs is 1. The summed E-state index contributed by atoms with van der Waals surface area (Å²) in [6.07, 6.45) is 3.86. The third-order valence-electron chi connectivity index (χ3n) is 3.88. The molecule has 108 valence electrons. The maximum Gasteiger partial charge on any atom is 0.0976 e. The zero-order valence-corrected chi connectivity index (χ0v) is 14.0. The van der Waals surface area contributed by atoms with Crippen molar-refractivity contribution in [1.82, 2.24) is 4.98 Å². The van der Waals surface area contributed by atoms with Crippen molar-refractivity contribution in [3.8, 4) is 0 Å². The van der Waals surface area contributed by atoms with Crippen LogP contribution in [-0.2, 0) is 5.54 Å². The van der Waals surface area contributed by atoms with Crippen LogP contribution in [0, 0.1) is 13.8 Å². The summed E-state index contributed by atoms with van der Waals surface area (Å²) >= 11 is 3.42. The van der Waals surface area contributed by atoms with E-state index in [1.165, 1.54) is 11.1 Å². The fourth-order valence-corrected chi connectivity index (χ4v) is 3.10. The van der Waals surface area contributed by atoms with Crippen LogP contribution in [0.4, 0.5) is 5.69 Å². The Labute approximate surface area is 133 Å². The molecule has 0 aliphatic carbocycles. The summed E-state index contributed by atoms with van der Waals surface area (Å²) in [6, 6.07) is 8.29. The molecule has 4 heteroatoms. The quantitative estimate of drug-likeness (QED) is 0.819. The molecular formula is C17H18BrN3. The summed E-state index contributed by atoms with van der Waals surface area (Å²) in [7, 11) is 0. The molecule has 1 aromatic carbocycles. The minimum atomic E-state index is -0.405.